The van der Waals surface area contributed by atoms with E-state index in [0.717, 1.165) is 6.42 Å². The van der Waals surface area contributed by atoms with Crippen molar-refractivity contribution in [1.29, 1.82) is 0 Å². The molecule has 0 spiro atoms. The van der Waals surface area contributed by atoms with E-state index in [4.69, 9.17) is 5.11 Å². The maximum atomic E-state index is 10.1. The zero-order chi connectivity index (χ0) is 14.8. The van der Waals surface area contributed by atoms with Gasteiger partial charge < -0.3 is 5.11 Å². The fourth-order valence-corrected chi connectivity index (χ4v) is 2.24. The highest BCUT2D eigenvalue weighted by atomic mass is 31.0. The van der Waals surface area contributed by atoms with E-state index in [1.165, 1.54) is 11.1 Å². The number of carboxylic acid groups (broad SMARTS) is 1. The highest BCUT2D eigenvalue weighted by molar-refractivity contribution is 7.16. The summed E-state index contributed by atoms with van der Waals surface area (Å²) in [4.78, 5) is 10.1. The van der Waals surface area contributed by atoms with Gasteiger partial charge in [-0.2, -0.15) is 0 Å². The number of carbonyl (C=O) groups is 1. The van der Waals surface area contributed by atoms with Crippen LogP contribution in [-0.2, 0) is 4.79 Å². The lowest BCUT2D eigenvalue weighted by Gasteiger charge is -2.02. The van der Waals surface area contributed by atoms with Crippen molar-refractivity contribution < 1.29 is 9.90 Å². The molecule has 20 heavy (non-hydrogen) atoms. The van der Waals surface area contributed by atoms with Crippen LogP contribution in [-0.4, -0.2) is 17.2 Å². The van der Waals surface area contributed by atoms with Crippen LogP contribution >= 0.6 is 9.24 Å². The SMILES string of the molecule is CCC(CP)C(=O)O.c1ccc(-c2ccccc2)cc1. The van der Waals surface area contributed by atoms with Crippen LogP contribution in [0.5, 0.6) is 0 Å². The van der Waals surface area contributed by atoms with E-state index in [1.54, 1.807) is 0 Å². The molecule has 2 aromatic rings. The van der Waals surface area contributed by atoms with Gasteiger partial charge in [-0.3, -0.25) is 4.79 Å². The molecule has 0 heterocycles. The topological polar surface area (TPSA) is 37.3 Å². The molecule has 0 aromatic heterocycles. The number of hydrogen-bond donors (Lipinski definition) is 1. The van der Waals surface area contributed by atoms with Crippen molar-refractivity contribution in [3.8, 4) is 11.1 Å². The fourth-order valence-electron chi connectivity index (χ4n) is 1.70. The summed E-state index contributed by atoms with van der Waals surface area (Å²) in [7, 11) is 2.43. The molecule has 0 aliphatic carbocycles. The van der Waals surface area contributed by atoms with Gasteiger partial charge in [-0.05, 0) is 23.7 Å². The van der Waals surface area contributed by atoms with Crippen molar-refractivity contribution in [3.05, 3.63) is 60.7 Å². The highest BCUT2D eigenvalue weighted by Crippen LogP contribution is 2.17. The van der Waals surface area contributed by atoms with Crippen LogP contribution in [0.15, 0.2) is 60.7 Å². The quantitative estimate of drug-likeness (QED) is 0.850. The molecule has 2 rings (SSSR count). The largest absolute Gasteiger partial charge is 0.481 e. The summed E-state index contributed by atoms with van der Waals surface area (Å²) >= 11 is 0. The maximum absolute atomic E-state index is 10.1. The van der Waals surface area contributed by atoms with Gasteiger partial charge in [0.1, 0.15) is 0 Å². The Kier molecular flexibility index (Phi) is 7.60. The lowest BCUT2D eigenvalue weighted by atomic mass is 10.1. The second-order valence-corrected chi connectivity index (χ2v) is 4.88. The summed E-state index contributed by atoms with van der Waals surface area (Å²) in [5, 5.41) is 8.36. The Morgan fingerprint density at radius 1 is 1.00 bits per heavy atom. The van der Waals surface area contributed by atoms with E-state index in [9.17, 15) is 4.79 Å². The smallest absolute Gasteiger partial charge is 0.306 e. The molecule has 0 aliphatic heterocycles. The minimum Gasteiger partial charge on any atom is -0.481 e. The second-order valence-electron chi connectivity index (χ2n) is 4.41. The summed E-state index contributed by atoms with van der Waals surface area (Å²) in [6, 6.07) is 20.8. The normalized spacial score (nSPS) is 11.1. The molecule has 0 radical (unpaired) electrons. The van der Waals surface area contributed by atoms with E-state index >= 15 is 0 Å². The Balaban J connectivity index is 0.000000221. The van der Waals surface area contributed by atoms with Gasteiger partial charge >= 0.3 is 5.97 Å². The van der Waals surface area contributed by atoms with E-state index in [1.807, 2.05) is 19.1 Å². The molecule has 0 amide bonds. The number of benzene rings is 2. The molecule has 0 aliphatic rings. The van der Waals surface area contributed by atoms with Gasteiger partial charge in [0.25, 0.3) is 0 Å². The minimum atomic E-state index is -0.692. The van der Waals surface area contributed by atoms with Crippen LogP contribution in [0.25, 0.3) is 11.1 Å². The highest BCUT2D eigenvalue weighted by Gasteiger charge is 2.10. The van der Waals surface area contributed by atoms with E-state index in [2.05, 4.69) is 57.8 Å². The number of hydrogen-bond acceptors (Lipinski definition) is 1. The molecule has 0 saturated carbocycles. The van der Waals surface area contributed by atoms with Crippen molar-refractivity contribution in [3.63, 3.8) is 0 Å². The molecule has 2 unspecified atom stereocenters. The van der Waals surface area contributed by atoms with Gasteiger partial charge in [0.05, 0.1) is 5.92 Å². The first-order chi connectivity index (χ1) is 9.69. The van der Waals surface area contributed by atoms with Gasteiger partial charge in [0.2, 0.25) is 0 Å². The summed E-state index contributed by atoms with van der Waals surface area (Å²) in [5.74, 6) is -0.859. The Hall–Kier alpha value is -1.66. The molecule has 2 nitrogen and oxygen atoms in total. The van der Waals surface area contributed by atoms with Crippen molar-refractivity contribution in [2.45, 2.75) is 13.3 Å². The van der Waals surface area contributed by atoms with E-state index in [0.29, 0.717) is 6.16 Å². The molecule has 2 aromatic carbocycles. The predicted octanol–water partition coefficient (Wildman–Crippen LogP) is 4.33. The van der Waals surface area contributed by atoms with Gasteiger partial charge in [0, 0.05) is 0 Å². The maximum Gasteiger partial charge on any atom is 0.306 e. The van der Waals surface area contributed by atoms with Crippen LogP contribution < -0.4 is 0 Å². The van der Waals surface area contributed by atoms with Crippen LogP contribution in [0.2, 0.25) is 0 Å². The first-order valence-electron chi connectivity index (χ1n) is 6.72. The first kappa shape index (κ1) is 16.4. The van der Waals surface area contributed by atoms with E-state index in [-0.39, 0.29) is 5.92 Å². The monoisotopic (exact) mass is 288 g/mol. The molecule has 1 N–H and O–H groups in total. The number of aliphatic carboxylic acids is 1. The van der Waals surface area contributed by atoms with Crippen molar-refractivity contribution >= 4 is 15.2 Å². The number of rotatable bonds is 4. The molecule has 0 saturated heterocycles. The molecular formula is C17H21O2P. The van der Waals surface area contributed by atoms with Crippen molar-refractivity contribution in [2.24, 2.45) is 5.92 Å². The zero-order valence-electron chi connectivity index (χ0n) is 11.7. The first-order valence-corrected chi connectivity index (χ1v) is 7.54. The lowest BCUT2D eigenvalue weighted by Crippen LogP contribution is -2.13. The fraction of sp³-hybridized carbons (Fsp3) is 0.235. The van der Waals surface area contributed by atoms with Crippen molar-refractivity contribution in [1.82, 2.24) is 0 Å². The standard InChI is InChI=1S/C12H10.C5H11O2P/c1-3-7-11(8-4-1)12-9-5-2-6-10-12;1-2-4(3-8)5(6)7/h1-10H;4H,2-3,8H2,1H3,(H,6,7). The van der Waals surface area contributed by atoms with Gasteiger partial charge in [-0.15, -0.1) is 9.24 Å². The van der Waals surface area contributed by atoms with E-state index < -0.39 is 5.97 Å². The zero-order valence-corrected chi connectivity index (χ0v) is 12.9. The predicted molar refractivity (Wildman–Crippen MR) is 87.9 cm³/mol. The van der Waals surface area contributed by atoms with Crippen LogP contribution in [0.3, 0.4) is 0 Å². The molecule has 3 heteroatoms. The Bertz CT molecular complexity index is 455. The average molecular weight is 288 g/mol. The summed E-state index contributed by atoms with van der Waals surface area (Å²) in [5.41, 5.74) is 2.55. The second kappa shape index (κ2) is 9.28. The lowest BCUT2D eigenvalue weighted by molar-refractivity contribution is -0.140. The van der Waals surface area contributed by atoms with Crippen LogP contribution in [0.4, 0.5) is 0 Å². The van der Waals surface area contributed by atoms with Crippen LogP contribution in [0, 0.1) is 5.92 Å². The van der Waals surface area contributed by atoms with Gasteiger partial charge in [-0.25, -0.2) is 0 Å². The Morgan fingerprint density at radius 2 is 1.40 bits per heavy atom. The molecule has 0 bridgehead atoms. The summed E-state index contributed by atoms with van der Waals surface area (Å²) < 4.78 is 0. The summed E-state index contributed by atoms with van der Waals surface area (Å²) in [6.45, 7) is 1.88. The van der Waals surface area contributed by atoms with Crippen LogP contribution in [0.1, 0.15) is 13.3 Å². The Labute approximate surface area is 123 Å². The van der Waals surface area contributed by atoms with Gasteiger partial charge in [-0.1, -0.05) is 67.6 Å². The minimum absolute atomic E-state index is 0.167. The Morgan fingerprint density at radius 3 is 1.60 bits per heavy atom. The molecular weight excluding hydrogens is 267 g/mol. The number of carboxylic acids is 1. The third-order valence-corrected chi connectivity index (χ3v) is 3.58. The average Bonchev–Trinajstić information content (AvgIpc) is 2.51. The summed E-state index contributed by atoms with van der Waals surface area (Å²) in [6.07, 6.45) is 1.38. The third kappa shape index (κ3) is 5.54. The molecule has 0 fully saturated rings. The third-order valence-electron chi connectivity index (χ3n) is 3.01. The van der Waals surface area contributed by atoms with Crippen molar-refractivity contribution in [2.75, 3.05) is 6.16 Å². The molecule has 106 valence electrons. The van der Waals surface area contributed by atoms with Gasteiger partial charge in [0.15, 0.2) is 0 Å². The molecule has 2 atom stereocenters.